The number of likely N-dealkylation sites (N-methyl/N-ethyl adjacent to an activating group) is 1. The largest absolute Gasteiger partial charge is 1.00 e. The van der Waals surface area contributed by atoms with Crippen LogP contribution in [0, 0.1) is 0 Å². The Kier molecular flexibility index (Phi) is 49.9. The molecular weight excluding hydrogens is 1380 g/mol. The summed E-state index contributed by atoms with van der Waals surface area (Å²) in [5.41, 5.74) is -2.64. The zero-order valence-electron chi connectivity index (χ0n) is 57.8. The molecule has 0 aliphatic heterocycles. The first-order valence-corrected chi connectivity index (χ1v) is 33.0. The first kappa shape index (κ1) is 98.3. The highest BCUT2D eigenvalue weighted by Gasteiger charge is 2.48. The fourth-order valence-electron chi connectivity index (χ4n) is 6.14. The molecule has 0 saturated heterocycles. The second-order valence-corrected chi connectivity index (χ2v) is 27.6. The molecule has 0 saturated carbocycles. The molecule has 1 atom stereocenters. The van der Waals surface area contributed by atoms with Gasteiger partial charge < -0.3 is 68.8 Å². The van der Waals surface area contributed by atoms with Crippen LogP contribution in [0.5, 0.6) is 0 Å². The van der Waals surface area contributed by atoms with Crippen LogP contribution >= 0.6 is 23.2 Å². The second-order valence-electron chi connectivity index (χ2n) is 22.5. The van der Waals surface area contributed by atoms with Gasteiger partial charge in [0.1, 0.15) is 48.9 Å². The van der Waals surface area contributed by atoms with E-state index in [0.717, 1.165) is 38.2 Å². The highest BCUT2D eigenvalue weighted by molar-refractivity contribution is 7.86. The maximum atomic E-state index is 12.4. The molecule has 0 heterocycles. The van der Waals surface area contributed by atoms with Gasteiger partial charge >= 0.3 is 59.7 Å². The zero-order valence-corrected chi connectivity index (χ0v) is 62.5. The number of esters is 10. The summed E-state index contributed by atoms with van der Waals surface area (Å²) in [4.78, 5) is 111. The topological polar surface area (TPSA) is 350 Å². The number of carbonyl (C=O) groups excluding carboxylic acids is 10. The van der Waals surface area contributed by atoms with Crippen LogP contribution in [0.2, 0.25) is 0 Å². The van der Waals surface area contributed by atoms with Crippen LogP contribution in [-0.2, 0) is 124 Å². The third-order valence-electron chi connectivity index (χ3n) is 11.4. The Labute approximate surface area is 571 Å². The lowest BCUT2D eigenvalue weighted by Gasteiger charge is -2.46. The van der Waals surface area contributed by atoms with Crippen molar-refractivity contribution in [2.45, 2.75) is 176 Å². The molecule has 0 spiro atoms. The van der Waals surface area contributed by atoms with E-state index in [1.165, 1.54) is 62.3 Å². The quantitative estimate of drug-likeness (QED) is 0.0157. The molecule has 0 rings (SSSR count). The van der Waals surface area contributed by atoms with E-state index >= 15 is 0 Å². The normalized spacial score (nSPS) is 11.7. The van der Waals surface area contributed by atoms with Gasteiger partial charge in [-0.2, -0.15) is 16.8 Å². The van der Waals surface area contributed by atoms with E-state index in [9.17, 15) is 64.8 Å². The van der Waals surface area contributed by atoms with Gasteiger partial charge in [0.15, 0.2) is 16.7 Å². The summed E-state index contributed by atoms with van der Waals surface area (Å²) in [5, 5.41) is 0. The lowest BCUT2D eigenvalue weighted by Crippen LogP contribution is -3.00. The average molecular weight is 1480 g/mol. The number of hydrogen-bond acceptors (Lipinski definition) is 26. The number of quaternary nitrogens is 1. The maximum absolute atomic E-state index is 12.4. The molecule has 93 heavy (non-hydrogen) atoms. The minimum Gasteiger partial charge on any atom is -1.00 e. The van der Waals surface area contributed by atoms with Crippen LogP contribution < -0.4 is 17.0 Å². The van der Waals surface area contributed by atoms with Gasteiger partial charge in [0.25, 0.3) is 20.2 Å². The number of alkyl halides is 2. The molecule has 0 radical (unpaired) electrons. The third-order valence-corrected chi connectivity index (χ3v) is 13.1. The monoisotopic (exact) mass is 1480 g/mol. The number of ether oxygens (including phenoxy) is 10. The van der Waals surface area contributed by atoms with E-state index in [2.05, 4.69) is 62.0 Å². The van der Waals surface area contributed by atoms with E-state index in [1.54, 1.807) is 27.7 Å². The Morgan fingerprint density at radius 2 is 0.720 bits per heavy atom. The van der Waals surface area contributed by atoms with Crippen LogP contribution in [0.3, 0.4) is 0 Å². The number of carbonyl (C=O) groups is 10. The van der Waals surface area contributed by atoms with Crippen molar-refractivity contribution in [3.05, 3.63) is 61.3 Å². The SMILES string of the molecule is C=C(C)C(=O)OCC(C)OC(=O)C(C)(C)OS(C)(=O)=O.C=C(C)C(=O)OCCCOC(=O)C(C)(C)Cl.C=C(C)C(=O)OCCOC(=O)C(C)(C)Cl.C=C(C)C(=O)OCCOC(=O)C(C)(C)[N+](CC)(CC)CC.C=CC(=O)OCCCCOC(=O)C(C)(C)OS(C)(=O)=O.[Br-]. The molecule has 0 aliphatic rings. The Balaban J connectivity index is -0.000000255. The van der Waals surface area contributed by atoms with Crippen molar-refractivity contribution in [3.63, 3.8) is 0 Å². The predicted octanol–water partition coefficient (Wildman–Crippen LogP) is 4.62. The van der Waals surface area contributed by atoms with Gasteiger partial charge in [-0.3, -0.25) is 18.0 Å². The number of hydrogen-bond donors (Lipinski definition) is 0. The smallest absolute Gasteiger partial charge is 0.367 e. The molecule has 0 aromatic heterocycles. The Hall–Kier alpha value is -5.76. The first-order chi connectivity index (χ1) is 41.6. The second kappa shape index (κ2) is 47.2. The van der Waals surface area contributed by atoms with Gasteiger partial charge in [-0.15, -0.1) is 23.2 Å². The minimum absolute atomic E-state index is 0. The number of unbranched alkanes of at least 4 members (excludes halogenated alkanes) is 1. The van der Waals surface area contributed by atoms with Crippen LogP contribution in [0.15, 0.2) is 61.3 Å². The van der Waals surface area contributed by atoms with E-state index in [-0.39, 0.29) is 88.0 Å². The lowest BCUT2D eigenvalue weighted by atomic mass is 9.98. The zero-order chi connectivity index (χ0) is 73.5. The molecule has 0 aromatic carbocycles. The van der Waals surface area contributed by atoms with E-state index in [0.29, 0.717) is 40.5 Å². The summed E-state index contributed by atoms with van der Waals surface area (Å²) in [6.45, 7) is 49.2. The van der Waals surface area contributed by atoms with Crippen molar-refractivity contribution >= 4 is 103 Å². The highest BCUT2D eigenvalue weighted by atomic mass is 79.9. The number of halogens is 3. The Bertz CT molecular complexity index is 2720. The Morgan fingerprint density at radius 3 is 1.05 bits per heavy atom. The lowest BCUT2D eigenvalue weighted by molar-refractivity contribution is -0.959. The molecule has 0 aromatic rings. The molecule has 32 heteroatoms. The van der Waals surface area contributed by atoms with Gasteiger partial charge in [0.05, 0.1) is 58.6 Å². The average Bonchev–Trinajstić information content (AvgIpc) is 0.795. The van der Waals surface area contributed by atoms with Gasteiger partial charge in [-0.25, -0.2) is 38.4 Å². The summed E-state index contributed by atoms with van der Waals surface area (Å²) >= 11 is 11.4. The van der Waals surface area contributed by atoms with Crippen molar-refractivity contribution in [1.82, 2.24) is 0 Å². The fourth-order valence-corrected chi connectivity index (χ4v) is 7.90. The molecular formula is C61H102BrCl2NO26S2. The molecule has 0 N–H and O–H groups in total. The van der Waals surface area contributed by atoms with E-state index < -0.39 is 107 Å². The van der Waals surface area contributed by atoms with Gasteiger partial charge in [-0.05, 0) is 124 Å². The summed E-state index contributed by atoms with van der Waals surface area (Å²) in [7, 11) is -7.54. The van der Waals surface area contributed by atoms with Gasteiger partial charge in [-0.1, -0.05) is 32.9 Å². The van der Waals surface area contributed by atoms with Crippen molar-refractivity contribution in [3.8, 4) is 0 Å². The standard InChI is InChI=1S/C16H30NO4.2C12H20O7S.C11H17ClO4.C10H15ClO4.BrH/c1-8-17(9-2,10-3)16(6,7)15(19)21-12-11-20-14(18)13(4)5;1-8(2)10(13)17-7-9(3)18-11(14)12(4,5)19-20(6,15)16;1-5-10(13)17-8-6-7-9-18-11(14)12(2,3)19-20(4,15)16;1-8(2)9(13)15-6-5-7-16-10(14)11(3,4)12;1-7(2)8(12)14-5-6-15-9(13)10(3,4)11;/h4,8-12H2,1-3,5-7H3;9H,1,7H2,2-6H3;5H,1,6-9H2,2-4H3;1,5-7H2,2-4H3;1,5-6H2,2-4H3;1H/q+1;;;;;/p-1. The van der Waals surface area contributed by atoms with Crippen LogP contribution in [0.1, 0.15) is 144 Å². The minimum atomic E-state index is -3.80. The summed E-state index contributed by atoms with van der Waals surface area (Å²) < 4.78 is 103. The van der Waals surface area contributed by atoms with Crippen LogP contribution in [0.25, 0.3) is 0 Å². The molecule has 27 nitrogen and oxygen atoms in total. The molecule has 0 amide bonds. The number of nitrogens with zero attached hydrogens (tertiary/aromatic N) is 1. The Morgan fingerprint density at radius 1 is 0.441 bits per heavy atom. The summed E-state index contributed by atoms with van der Waals surface area (Å²) in [5.74, 6) is -5.46. The van der Waals surface area contributed by atoms with Crippen LogP contribution in [0.4, 0.5) is 0 Å². The number of rotatable bonds is 36. The predicted molar refractivity (Wildman–Crippen MR) is 343 cm³/mol. The summed E-state index contributed by atoms with van der Waals surface area (Å²) in [6.07, 6.45) is 3.44. The molecule has 0 aliphatic carbocycles. The van der Waals surface area contributed by atoms with Gasteiger partial charge in [0, 0.05) is 48.6 Å². The maximum Gasteiger partial charge on any atom is 0.367 e. The van der Waals surface area contributed by atoms with Crippen molar-refractivity contribution < 1.29 is 142 Å². The third kappa shape index (κ3) is 48.6. The molecule has 540 valence electrons. The van der Waals surface area contributed by atoms with E-state index in [1.807, 2.05) is 13.8 Å². The van der Waals surface area contributed by atoms with E-state index in [4.69, 9.17) is 70.6 Å². The first-order valence-electron chi connectivity index (χ1n) is 28.7. The van der Waals surface area contributed by atoms with Crippen molar-refractivity contribution in [1.29, 1.82) is 0 Å². The highest BCUT2D eigenvalue weighted by Crippen LogP contribution is 2.26. The van der Waals surface area contributed by atoms with Gasteiger partial charge in [0.2, 0.25) is 0 Å². The fraction of sp³-hybridized carbons (Fsp3) is 0.672. The van der Waals surface area contributed by atoms with Crippen LogP contribution in [-0.4, -0.2) is 205 Å². The molecule has 0 fully saturated rings. The molecule has 1 unspecified atom stereocenters. The molecule has 0 bridgehead atoms. The van der Waals surface area contributed by atoms with Crippen molar-refractivity contribution in [2.24, 2.45) is 0 Å². The van der Waals surface area contributed by atoms with Crippen molar-refractivity contribution in [2.75, 3.05) is 91.6 Å². The summed E-state index contributed by atoms with van der Waals surface area (Å²) in [6, 6.07) is 0.